The van der Waals surface area contributed by atoms with Crippen molar-refractivity contribution < 1.29 is 14.3 Å². The summed E-state index contributed by atoms with van der Waals surface area (Å²) in [5.41, 5.74) is 5.04. The molecule has 3 rings (SSSR count). The Hall–Kier alpha value is -3.31. The Labute approximate surface area is 174 Å². The van der Waals surface area contributed by atoms with Crippen LogP contribution in [0.25, 0.3) is 0 Å². The number of carbonyl (C=O) groups is 1. The van der Waals surface area contributed by atoms with Gasteiger partial charge in [-0.25, -0.2) is 5.43 Å². The molecule has 148 valence electrons. The highest BCUT2D eigenvalue weighted by atomic mass is 35.5. The fourth-order valence-electron chi connectivity index (χ4n) is 2.67. The van der Waals surface area contributed by atoms with Crippen LogP contribution in [0.3, 0.4) is 0 Å². The molecule has 0 atom stereocenters. The molecule has 0 saturated heterocycles. The monoisotopic (exact) mass is 408 g/mol. The Bertz CT molecular complexity index is 990. The van der Waals surface area contributed by atoms with Gasteiger partial charge in [-0.05, 0) is 41.5 Å². The van der Waals surface area contributed by atoms with Crippen molar-refractivity contribution >= 4 is 23.7 Å². The zero-order chi connectivity index (χ0) is 20.5. The van der Waals surface area contributed by atoms with Gasteiger partial charge >= 0.3 is 0 Å². The second-order valence-corrected chi connectivity index (χ2v) is 6.64. The van der Waals surface area contributed by atoms with Crippen LogP contribution >= 0.6 is 11.6 Å². The molecule has 3 aromatic rings. The van der Waals surface area contributed by atoms with E-state index < -0.39 is 0 Å². The summed E-state index contributed by atoms with van der Waals surface area (Å²) >= 11 is 6.15. The molecular formula is C23H21ClN2O3. The Balaban J connectivity index is 1.59. The maximum Gasteiger partial charge on any atom is 0.244 e. The van der Waals surface area contributed by atoms with E-state index in [9.17, 15) is 4.79 Å². The maximum absolute atomic E-state index is 12.2. The van der Waals surface area contributed by atoms with Crippen LogP contribution in [0.2, 0.25) is 5.02 Å². The summed E-state index contributed by atoms with van der Waals surface area (Å²) in [5, 5.41) is 4.58. The molecule has 0 aliphatic rings. The number of hydrogen-bond acceptors (Lipinski definition) is 4. The summed E-state index contributed by atoms with van der Waals surface area (Å²) in [6.07, 6.45) is 1.71. The molecule has 0 aliphatic heterocycles. The van der Waals surface area contributed by atoms with Crippen molar-refractivity contribution in [3.63, 3.8) is 0 Å². The lowest BCUT2D eigenvalue weighted by atomic mass is 10.1. The highest BCUT2D eigenvalue weighted by molar-refractivity contribution is 6.31. The van der Waals surface area contributed by atoms with E-state index in [1.165, 1.54) is 0 Å². The lowest BCUT2D eigenvalue weighted by molar-refractivity contribution is -0.120. The van der Waals surface area contributed by atoms with Crippen molar-refractivity contribution in [3.05, 3.63) is 94.5 Å². The molecule has 0 heterocycles. The predicted molar refractivity (Wildman–Crippen MR) is 115 cm³/mol. The van der Waals surface area contributed by atoms with Crippen molar-refractivity contribution in [1.82, 2.24) is 5.43 Å². The normalized spacial score (nSPS) is 10.7. The van der Waals surface area contributed by atoms with Gasteiger partial charge < -0.3 is 9.47 Å². The van der Waals surface area contributed by atoms with E-state index in [4.69, 9.17) is 21.1 Å². The van der Waals surface area contributed by atoms with E-state index in [0.717, 1.165) is 16.9 Å². The fraction of sp³-hybridized carbons (Fsp3) is 0.130. The minimum Gasteiger partial charge on any atom is -0.497 e. The first kappa shape index (κ1) is 20.4. The van der Waals surface area contributed by atoms with E-state index in [-0.39, 0.29) is 12.3 Å². The summed E-state index contributed by atoms with van der Waals surface area (Å²) < 4.78 is 11.0. The van der Waals surface area contributed by atoms with Gasteiger partial charge in [0.2, 0.25) is 5.91 Å². The van der Waals surface area contributed by atoms with Gasteiger partial charge in [-0.15, -0.1) is 0 Å². The van der Waals surface area contributed by atoms with Gasteiger partial charge in [0.1, 0.15) is 18.1 Å². The highest BCUT2D eigenvalue weighted by Crippen LogP contribution is 2.22. The Morgan fingerprint density at radius 2 is 1.76 bits per heavy atom. The highest BCUT2D eigenvalue weighted by Gasteiger charge is 2.08. The first-order valence-electron chi connectivity index (χ1n) is 9.06. The molecule has 0 saturated carbocycles. The van der Waals surface area contributed by atoms with Gasteiger partial charge in [-0.2, -0.15) is 5.10 Å². The van der Waals surface area contributed by atoms with Crippen molar-refractivity contribution in [1.29, 1.82) is 0 Å². The summed E-state index contributed by atoms with van der Waals surface area (Å²) in [6, 6.07) is 22.5. The third-order valence-electron chi connectivity index (χ3n) is 4.19. The molecule has 29 heavy (non-hydrogen) atoms. The van der Waals surface area contributed by atoms with Crippen LogP contribution in [0, 0.1) is 0 Å². The number of hydrazone groups is 1. The largest absolute Gasteiger partial charge is 0.497 e. The quantitative estimate of drug-likeness (QED) is 0.437. The number of nitrogens with zero attached hydrogens (tertiary/aromatic N) is 1. The Morgan fingerprint density at radius 1 is 1.00 bits per heavy atom. The smallest absolute Gasteiger partial charge is 0.244 e. The SMILES string of the molecule is COc1ccc(Cl)c(CC(=O)N/N=C/c2ccccc2COc2ccccc2)c1. The number of methoxy groups -OCH3 is 1. The average molecular weight is 409 g/mol. The Kier molecular flexibility index (Phi) is 7.25. The second kappa shape index (κ2) is 10.3. The predicted octanol–water partition coefficient (Wildman–Crippen LogP) is 4.62. The molecule has 0 radical (unpaired) electrons. The van der Waals surface area contributed by atoms with Gasteiger partial charge in [0, 0.05) is 10.6 Å². The summed E-state index contributed by atoms with van der Waals surface area (Å²) in [5.74, 6) is 1.17. The lowest BCUT2D eigenvalue weighted by Gasteiger charge is -2.09. The van der Waals surface area contributed by atoms with Crippen LogP contribution in [0.5, 0.6) is 11.5 Å². The maximum atomic E-state index is 12.2. The average Bonchev–Trinajstić information content (AvgIpc) is 2.75. The third-order valence-corrected chi connectivity index (χ3v) is 4.56. The number of amides is 1. The number of rotatable bonds is 8. The molecule has 0 aliphatic carbocycles. The van der Waals surface area contributed by atoms with E-state index in [1.54, 1.807) is 31.5 Å². The van der Waals surface area contributed by atoms with Crippen LogP contribution in [0.4, 0.5) is 0 Å². The number of ether oxygens (including phenoxy) is 2. The minimum atomic E-state index is -0.269. The van der Waals surface area contributed by atoms with Crippen LogP contribution < -0.4 is 14.9 Å². The van der Waals surface area contributed by atoms with Crippen LogP contribution in [-0.4, -0.2) is 19.2 Å². The van der Waals surface area contributed by atoms with Crippen molar-refractivity contribution in [2.45, 2.75) is 13.0 Å². The zero-order valence-electron chi connectivity index (χ0n) is 16.0. The van der Waals surface area contributed by atoms with Gasteiger partial charge in [-0.1, -0.05) is 54.1 Å². The molecule has 5 nitrogen and oxygen atoms in total. The first-order valence-corrected chi connectivity index (χ1v) is 9.43. The topological polar surface area (TPSA) is 59.9 Å². The lowest BCUT2D eigenvalue weighted by Crippen LogP contribution is -2.20. The molecule has 6 heteroatoms. The molecule has 0 fully saturated rings. The van der Waals surface area contributed by atoms with E-state index >= 15 is 0 Å². The second-order valence-electron chi connectivity index (χ2n) is 6.23. The molecule has 1 N–H and O–H groups in total. The number of para-hydroxylation sites is 1. The van der Waals surface area contributed by atoms with Crippen LogP contribution in [0.1, 0.15) is 16.7 Å². The van der Waals surface area contributed by atoms with Crippen molar-refractivity contribution in [3.8, 4) is 11.5 Å². The molecule has 0 unspecified atom stereocenters. The summed E-state index contributed by atoms with van der Waals surface area (Å²) in [6.45, 7) is 0.402. The molecule has 0 bridgehead atoms. The molecule has 1 amide bonds. The van der Waals surface area contributed by atoms with Gasteiger partial charge in [0.15, 0.2) is 0 Å². The van der Waals surface area contributed by atoms with Crippen LogP contribution in [-0.2, 0) is 17.8 Å². The van der Waals surface area contributed by atoms with Gasteiger partial charge in [-0.3, -0.25) is 4.79 Å². The molecule has 0 aromatic heterocycles. The summed E-state index contributed by atoms with van der Waals surface area (Å²) in [7, 11) is 1.57. The van der Waals surface area contributed by atoms with Crippen molar-refractivity contribution in [2.75, 3.05) is 7.11 Å². The van der Waals surface area contributed by atoms with Crippen molar-refractivity contribution in [2.24, 2.45) is 5.10 Å². The van der Waals surface area contributed by atoms with E-state index in [0.29, 0.717) is 22.9 Å². The standard InChI is InChI=1S/C23H21ClN2O3/c1-28-21-11-12-22(24)19(13-21)14-23(27)26-25-15-17-7-5-6-8-18(17)16-29-20-9-3-2-4-10-20/h2-13,15H,14,16H2,1H3,(H,26,27)/b25-15+. The van der Waals surface area contributed by atoms with E-state index in [2.05, 4.69) is 10.5 Å². The van der Waals surface area contributed by atoms with Gasteiger partial charge in [0.05, 0.1) is 19.7 Å². The number of halogens is 1. The number of nitrogens with one attached hydrogen (secondary N) is 1. The first-order chi connectivity index (χ1) is 14.2. The van der Waals surface area contributed by atoms with Crippen LogP contribution in [0.15, 0.2) is 77.9 Å². The zero-order valence-corrected chi connectivity index (χ0v) is 16.7. The van der Waals surface area contributed by atoms with Gasteiger partial charge in [0.25, 0.3) is 0 Å². The molecular weight excluding hydrogens is 388 g/mol. The molecule has 3 aromatic carbocycles. The minimum absolute atomic E-state index is 0.103. The molecule has 0 spiro atoms. The Morgan fingerprint density at radius 3 is 2.55 bits per heavy atom. The summed E-state index contributed by atoms with van der Waals surface area (Å²) in [4.78, 5) is 12.2. The number of carbonyl (C=O) groups excluding carboxylic acids is 1. The fourth-order valence-corrected chi connectivity index (χ4v) is 2.85. The van der Waals surface area contributed by atoms with E-state index in [1.807, 2.05) is 54.6 Å². The number of hydrogen-bond donors (Lipinski definition) is 1. The number of benzene rings is 3. The third kappa shape index (κ3) is 6.09.